The van der Waals surface area contributed by atoms with Crippen LogP contribution < -0.4 is 4.90 Å². The van der Waals surface area contributed by atoms with Crippen LogP contribution in [0.4, 0.5) is 11.4 Å². The Morgan fingerprint density at radius 3 is 2.00 bits per heavy atom. The second-order valence-electron chi connectivity index (χ2n) is 12.1. The van der Waals surface area contributed by atoms with Gasteiger partial charge in [0.05, 0.1) is 17.1 Å². The second kappa shape index (κ2) is 9.35. The number of fused-ring (bicyclic) bond motifs is 9. The molecular formula is C42H28N2O. The number of aromatic nitrogens is 1. The van der Waals surface area contributed by atoms with Crippen molar-refractivity contribution in [3.05, 3.63) is 169 Å². The number of para-hydroxylation sites is 4. The van der Waals surface area contributed by atoms with Crippen LogP contribution in [0, 0.1) is 0 Å². The first kappa shape index (κ1) is 24.6. The fourth-order valence-electron chi connectivity index (χ4n) is 7.72. The second-order valence-corrected chi connectivity index (χ2v) is 12.1. The maximum absolute atomic E-state index is 6.37. The van der Waals surface area contributed by atoms with Gasteiger partial charge in [0.1, 0.15) is 11.2 Å². The van der Waals surface area contributed by atoms with Gasteiger partial charge in [-0.3, -0.25) is 0 Å². The highest BCUT2D eigenvalue weighted by atomic mass is 16.3. The molecule has 2 aliphatic rings. The van der Waals surface area contributed by atoms with E-state index in [1.807, 2.05) is 0 Å². The van der Waals surface area contributed by atoms with Crippen LogP contribution in [-0.2, 0) is 0 Å². The molecule has 0 spiro atoms. The fraction of sp³-hybridized carbons (Fsp3) is 0.0476. The van der Waals surface area contributed by atoms with Gasteiger partial charge in [-0.15, -0.1) is 0 Å². The molecule has 0 amide bonds. The van der Waals surface area contributed by atoms with E-state index < -0.39 is 0 Å². The summed E-state index contributed by atoms with van der Waals surface area (Å²) in [4.78, 5) is 2.48. The summed E-state index contributed by atoms with van der Waals surface area (Å²) in [6.07, 6.45) is 7.14. The monoisotopic (exact) mass is 576 g/mol. The van der Waals surface area contributed by atoms with Gasteiger partial charge in [0.25, 0.3) is 0 Å². The Balaban J connectivity index is 1.10. The predicted molar refractivity (Wildman–Crippen MR) is 187 cm³/mol. The molecule has 2 aromatic heterocycles. The van der Waals surface area contributed by atoms with Crippen LogP contribution >= 0.6 is 0 Å². The lowest BCUT2D eigenvalue weighted by Gasteiger charge is -2.29. The SMILES string of the molecule is C1=CC2C(C=C1c1ccc3oc4ccc(-n5c6ccccc6c6ccccc65)cc4c3c1)c1ccccc1N2c1ccccc1. The highest BCUT2D eigenvalue weighted by Crippen LogP contribution is 2.49. The van der Waals surface area contributed by atoms with Gasteiger partial charge in [-0.05, 0) is 77.4 Å². The molecule has 0 saturated carbocycles. The molecule has 0 bridgehead atoms. The van der Waals surface area contributed by atoms with Gasteiger partial charge in [0.15, 0.2) is 0 Å². The molecule has 0 fully saturated rings. The van der Waals surface area contributed by atoms with Crippen molar-refractivity contribution in [2.45, 2.75) is 12.0 Å². The van der Waals surface area contributed by atoms with E-state index in [0.29, 0.717) is 0 Å². The molecule has 3 heteroatoms. The van der Waals surface area contributed by atoms with E-state index in [1.54, 1.807) is 0 Å². The first-order chi connectivity index (χ1) is 22.3. The molecule has 0 saturated heterocycles. The van der Waals surface area contributed by atoms with Gasteiger partial charge >= 0.3 is 0 Å². The summed E-state index contributed by atoms with van der Waals surface area (Å²) in [5.74, 6) is 0.278. The van der Waals surface area contributed by atoms with Crippen molar-refractivity contribution in [1.82, 2.24) is 4.57 Å². The molecule has 1 aliphatic heterocycles. The van der Waals surface area contributed by atoms with Gasteiger partial charge in [-0.2, -0.15) is 0 Å². The van der Waals surface area contributed by atoms with Crippen LogP contribution in [0.5, 0.6) is 0 Å². The Labute approximate surface area is 260 Å². The molecule has 10 rings (SSSR count). The molecular weight excluding hydrogens is 548 g/mol. The summed E-state index contributed by atoms with van der Waals surface area (Å²) in [5.41, 5.74) is 11.7. The molecule has 2 atom stereocenters. The largest absolute Gasteiger partial charge is 0.456 e. The number of furan rings is 1. The summed E-state index contributed by atoms with van der Waals surface area (Å²) in [7, 11) is 0. The van der Waals surface area contributed by atoms with Crippen LogP contribution in [-0.4, -0.2) is 10.6 Å². The zero-order chi connectivity index (χ0) is 29.5. The smallest absolute Gasteiger partial charge is 0.135 e. The van der Waals surface area contributed by atoms with Gasteiger partial charge in [0.2, 0.25) is 0 Å². The van der Waals surface area contributed by atoms with E-state index in [2.05, 4.69) is 167 Å². The predicted octanol–water partition coefficient (Wildman–Crippen LogP) is 10.9. The van der Waals surface area contributed by atoms with E-state index >= 15 is 0 Å². The number of allylic oxidation sites excluding steroid dienone is 2. The van der Waals surface area contributed by atoms with Crippen molar-refractivity contribution in [2.75, 3.05) is 4.90 Å². The number of anilines is 2. The average molecular weight is 577 g/mol. The van der Waals surface area contributed by atoms with Gasteiger partial charge in [0, 0.05) is 44.5 Å². The van der Waals surface area contributed by atoms with E-state index in [-0.39, 0.29) is 12.0 Å². The summed E-state index contributed by atoms with van der Waals surface area (Å²) >= 11 is 0. The molecule has 3 heterocycles. The molecule has 6 aromatic carbocycles. The first-order valence-electron chi connectivity index (χ1n) is 15.6. The van der Waals surface area contributed by atoms with Gasteiger partial charge in [-0.1, -0.05) is 97.1 Å². The highest BCUT2D eigenvalue weighted by molar-refractivity contribution is 6.11. The molecule has 45 heavy (non-hydrogen) atoms. The van der Waals surface area contributed by atoms with E-state index in [0.717, 1.165) is 27.6 Å². The quantitative estimate of drug-likeness (QED) is 0.209. The molecule has 8 aromatic rings. The number of hydrogen-bond donors (Lipinski definition) is 0. The maximum atomic E-state index is 6.37. The number of rotatable bonds is 3. The fourth-order valence-corrected chi connectivity index (χ4v) is 7.72. The van der Waals surface area contributed by atoms with Crippen LogP contribution in [0.15, 0.2) is 162 Å². The number of nitrogens with zero attached hydrogens (tertiary/aromatic N) is 2. The van der Waals surface area contributed by atoms with Crippen molar-refractivity contribution >= 4 is 60.7 Å². The Hall–Kier alpha value is -5.80. The Morgan fingerprint density at radius 1 is 0.533 bits per heavy atom. The van der Waals surface area contributed by atoms with Crippen LogP contribution in [0.3, 0.4) is 0 Å². The van der Waals surface area contributed by atoms with Crippen LogP contribution in [0.25, 0.3) is 55.0 Å². The first-order valence-corrected chi connectivity index (χ1v) is 15.6. The maximum Gasteiger partial charge on any atom is 0.135 e. The average Bonchev–Trinajstić information content (AvgIpc) is 3.75. The lowest BCUT2D eigenvalue weighted by molar-refractivity contribution is 0.669. The highest BCUT2D eigenvalue weighted by Gasteiger charge is 2.38. The molecule has 0 radical (unpaired) electrons. The minimum atomic E-state index is 0.251. The topological polar surface area (TPSA) is 21.3 Å². The van der Waals surface area contributed by atoms with Crippen molar-refractivity contribution in [3.8, 4) is 5.69 Å². The van der Waals surface area contributed by atoms with Crippen molar-refractivity contribution in [2.24, 2.45) is 0 Å². The molecule has 2 unspecified atom stereocenters. The standard InChI is InChI=1S/C42H28N2O/c1-2-10-29(11-3-1)43-39-17-9-6-14-33(39)34-24-27(18-21-40(34)43)28-19-22-41-35(25-28)36-26-30(20-23-42(36)45-41)44-37-15-7-4-12-31(37)32-13-5-8-16-38(32)44/h1-26,34,40H. The third kappa shape index (κ3) is 3.58. The minimum absolute atomic E-state index is 0.251. The van der Waals surface area contributed by atoms with Gasteiger partial charge in [-0.25, -0.2) is 0 Å². The Morgan fingerprint density at radius 2 is 1.20 bits per heavy atom. The summed E-state index contributed by atoms with van der Waals surface area (Å²) < 4.78 is 8.74. The minimum Gasteiger partial charge on any atom is -0.456 e. The Kier molecular flexibility index (Phi) is 5.11. The third-order valence-corrected chi connectivity index (χ3v) is 9.71. The van der Waals surface area contributed by atoms with E-state index in [9.17, 15) is 0 Å². The van der Waals surface area contributed by atoms with Crippen molar-refractivity contribution in [3.63, 3.8) is 0 Å². The third-order valence-electron chi connectivity index (χ3n) is 9.71. The molecule has 3 nitrogen and oxygen atoms in total. The Bertz CT molecular complexity index is 2460. The summed E-state index contributed by atoms with van der Waals surface area (Å²) in [5, 5.41) is 4.80. The van der Waals surface area contributed by atoms with E-state index in [1.165, 1.54) is 49.9 Å². The van der Waals surface area contributed by atoms with E-state index in [4.69, 9.17) is 4.42 Å². The number of hydrogen-bond acceptors (Lipinski definition) is 2. The van der Waals surface area contributed by atoms with Gasteiger partial charge < -0.3 is 13.9 Å². The molecule has 1 aliphatic carbocycles. The van der Waals surface area contributed by atoms with Crippen molar-refractivity contribution < 1.29 is 4.42 Å². The van der Waals surface area contributed by atoms with Crippen LogP contribution in [0.1, 0.15) is 17.0 Å². The zero-order valence-electron chi connectivity index (χ0n) is 24.5. The number of benzene rings is 6. The summed E-state index contributed by atoms with van der Waals surface area (Å²) in [6, 6.07) is 50.4. The zero-order valence-corrected chi connectivity index (χ0v) is 24.5. The van der Waals surface area contributed by atoms with Crippen LogP contribution in [0.2, 0.25) is 0 Å². The lowest BCUT2D eigenvalue weighted by atomic mass is 9.86. The van der Waals surface area contributed by atoms with Crippen molar-refractivity contribution in [1.29, 1.82) is 0 Å². The molecule has 212 valence electrons. The molecule has 0 N–H and O–H groups in total. The lowest BCUT2D eigenvalue weighted by Crippen LogP contribution is -2.28. The summed E-state index contributed by atoms with van der Waals surface area (Å²) in [6.45, 7) is 0. The normalized spacial score (nSPS) is 17.3.